The van der Waals surface area contributed by atoms with Gasteiger partial charge in [0.15, 0.2) is 0 Å². The lowest BCUT2D eigenvalue weighted by Crippen LogP contribution is -2.37. The molecule has 0 aliphatic carbocycles. The van der Waals surface area contributed by atoms with Gasteiger partial charge in [-0.05, 0) is 23.4 Å². The molecule has 2 aromatic rings. The van der Waals surface area contributed by atoms with Crippen LogP contribution in [0, 0.1) is 0 Å². The highest BCUT2D eigenvalue weighted by molar-refractivity contribution is 5.73. The number of aromatic nitrogens is 3. The number of fused-ring (bicyclic) bond motifs is 1. The van der Waals surface area contributed by atoms with Gasteiger partial charge in [-0.2, -0.15) is 0 Å². The summed E-state index contributed by atoms with van der Waals surface area (Å²) in [4.78, 5) is 7.41. The lowest BCUT2D eigenvalue weighted by molar-refractivity contribution is -0.815. The Kier molecular flexibility index (Phi) is 3.41. The van der Waals surface area contributed by atoms with E-state index in [-0.39, 0.29) is 0 Å². The molecule has 3 rings (SSSR count). The number of allylic oxidation sites excluding steroid dienone is 6. The molecule has 21 heavy (non-hydrogen) atoms. The number of rotatable bonds is 2. The smallest absolute Gasteiger partial charge is 0.302 e. The monoisotopic (exact) mass is 281 g/mol. The molecule has 1 aromatic heterocycles. The summed E-state index contributed by atoms with van der Waals surface area (Å²) in [6, 6.07) is 7.70. The van der Waals surface area contributed by atoms with Gasteiger partial charge in [-0.15, -0.1) is 5.10 Å². The topological polar surface area (TPSA) is 39.9 Å². The van der Waals surface area contributed by atoms with E-state index in [1.807, 2.05) is 81.0 Å². The van der Waals surface area contributed by atoms with E-state index in [4.69, 9.17) is 4.84 Å². The summed E-state index contributed by atoms with van der Waals surface area (Å²) >= 11 is 0. The molecule has 2 heterocycles. The van der Waals surface area contributed by atoms with Crippen molar-refractivity contribution < 1.29 is 9.32 Å². The summed E-state index contributed by atoms with van der Waals surface area (Å²) in [5, 5.41) is 8.16. The van der Waals surface area contributed by atoms with E-state index in [1.54, 1.807) is 0 Å². The van der Waals surface area contributed by atoms with Crippen molar-refractivity contribution in [2.75, 3.05) is 14.1 Å². The molecule has 1 aliphatic rings. The molecule has 0 radical (unpaired) electrons. The summed E-state index contributed by atoms with van der Waals surface area (Å²) in [6.45, 7) is 0. The van der Waals surface area contributed by atoms with Crippen LogP contribution in [0.15, 0.2) is 72.8 Å². The Morgan fingerprint density at radius 2 is 1.76 bits per heavy atom. The first-order valence-corrected chi connectivity index (χ1v) is 6.73. The van der Waals surface area contributed by atoms with Crippen molar-refractivity contribution in [1.82, 2.24) is 15.2 Å². The average Bonchev–Trinajstić information content (AvgIpc) is 2.90. The van der Waals surface area contributed by atoms with E-state index in [2.05, 4.69) is 10.3 Å². The van der Waals surface area contributed by atoms with Gasteiger partial charge in [0.25, 0.3) is 0 Å². The molecular weight excluding hydrogens is 264 g/mol. The van der Waals surface area contributed by atoms with Crippen LogP contribution in [-0.2, 0) is 0 Å². The standard InChI is InChI=1S/C16H17N4O/c1-20(2)13-9-5-3-4-6-12-16(20)21-19-15-11-8-7-10-14(15)17-18-19/h3-13H,1-2H3/q+1. The summed E-state index contributed by atoms with van der Waals surface area (Å²) in [5.74, 6) is 0.738. The first kappa shape index (κ1) is 13.3. The van der Waals surface area contributed by atoms with E-state index in [9.17, 15) is 0 Å². The van der Waals surface area contributed by atoms with Gasteiger partial charge in [-0.1, -0.05) is 41.3 Å². The second-order valence-corrected chi connectivity index (χ2v) is 5.20. The first-order valence-electron chi connectivity index (χ1n) is 6.73. The highest BCUT2D eigenvalue weighted by Crippen LogP contribution is 2.15. The fraction of sp³-hybridized carbons (Fsp3) is 0.125. The molecule has 1 aliphatic heterocycles. The van der Waals surface area contributed by atoms with E-state index in [1.165, 1.54) is 4.85 Å². The third kappa shape index (κ3) is 2.78. The SMILES string of the molecule is C[N+]1(C)C=CC=CC=CC=C1On1nnc2ccccc21. The number of para-hydroxylation sites is 1. The number of hydrogen-bond acceptors (Lipinski definition) is 3. The van der Waals surface area contributed by atoms with Crippen LogP contribution >= 0.6 is 0 Å². The molecule has 0 N–H and O–H groups in total. The zero-order valence-electron chi connectivity index (χ0n) is 12.0. The lowest BCUT2D eigenvalue weighted by atomic mass is 10.3. The highest BCUT2D eigenvalue weighted by Gasteiger charge is 2.23. The Morgan fingerprint density at radius 3 is 2.67 bits per heavy atom. The molecular formula is C16H17N4O+. The van der Waals surface area contributed by atoms with Crippen LogP contribution in [0.4, 0.5) is 0 Å². The maximum atomic E-state index is 5.96. The zero-order valence-corrected chi connectivity index (χ0v) is 12.0. The number of benzene rings is 1. The summed E-state index contributed by atoms with van der Waals surface area (Å²) in [6.07, 6.45) is 13.8. The zero-order chi connectivity index (χ0) is 14.7. The van der Waals surface area contributed by atoms with Crippen LogP contribution in [0.2, 0.25) is 0 Å². The van der Waals surface area contributed by atoms with Crippen LogP contribution in [0.25, 0.3) is 11.0 Å². The molecule has 0 spiro atoms. The molecule has 0 amide bonds. The second-order valence-electron chi connectivity index (χ2n) is 5.20. The molecule has 0 fully saturated rings. The molecule has 0 bridgehead atoms. The van der Waals surface area contributed by atoms with Gasteiger partial charge in [0.1, 0.15) is 17.2 Å². The van der Waals surface area contributed by atoms with E-state index in [0.29, 0.717) is 4.48 Å². The Balaban J connectivity index is 1.98. The van der Waals surface area contributed by atoms with Gasteiger partial charge < -0.3 is 4.84 Å². The second kappa shape index (κ2) is 5.38. The Morgan fingerprint density at radius 1 is 1.00 bits per heavy atom. The van der Waals surface area contributed by atoms with E-state index < -0.39 is 0 Å². The van der Waals surface area contributed by atoms with Crippen molar-refractivity contribution in [1.29, 1.82) is 0 Å². The Labute approximate surface area is 123 Å². The summed E-state index contributed by atoms with van der Waals surface area (Å²) in [5.41, 5.74) is 1.64. The van der Waals surface area contributed by atoms with Crippen LogP contribution in [0.1, 0.15) is 0 Å². The van der Waals surface area contributed by atoms with Gasteiger partial charge in [-0.25, -0.2) is 4.48 Å². The maximum Gasteiger partial charge on any atom is 0.324 e. The van der Waals surface area contributed by atoms with Gasteiger partial charge in [0, 0.05) is 6.08 Å². The lowest BCUT2D eigenvalue weighted by Gasteiger charge is -2.25. The van der Waals surface area contributed by atoms with Crippen LogP contribution in [0.5, 0.6) is 0 Å². The van der Waals surface area contributed by atoms with Crippen molar-refractivity contribution in [2.45, 2.75) is 0 Å². The minimum atomic E-state index is 0.461. The van der Waals surface area contributed by atoms with Crippen LogP contribution in [-0.4, -0.2) is 33.7 Å². The maximum absolute atomic E-state index is 5.96. The first-order chi connectivity index (χ1) is 10.2. The van der Waals surface area contributed by atoms with Crippen molar-refractivity contribution in [3.8, 4) is 0 Å². The average molecular weight is 281 g/mol. The molecule has 1 aromatic carbocycles. The summed E-state index contributed by atoms with van der Waals surface area (Å²) < 4.78 is 0.461. The number of hydrogen-bond donors (Lipinski definition) is 0. The molecule has 0 saturated heterocycles. The molecule has 0 unspecified atom stereocenters. The third-order valence-corrected chi connectivity index (χ3v) is 3.21. The fourth-order valence-corrected chi connectivity index (χ4v) is 2.00. The predicted molar refractivity (Wildman–Crippen MR) is 81.7 cm³/mol. The molecule has 0 saturated carbocycles. The van der Waals surface area contributed by atoms with Gasteiger partial charge in [-0.3, -0.25) is 0 Å². The van der Waals surface area contributed by atoms with E-state index in [0.717, 1.165) is 16.9 Å². The molecule has 106 valence electrons. The van der Waals surface area contributed by atoms with Crippen molar-refractivity contribution >= 4 is 11.0 Å². The molecule has 5 nitrogen and oxygen atoms in total. The Bertz CT molecular complexity index is 765. The molecule has 0 atom stereocenters. The van der Waals surface area contributed by atoms with Gasteiger partial charge >= 0.3 is 5.88 Å². The number of nitrogens with zero attached hydrogens (tertiary/aromatic N) is 4. The van der Waals surface area contributed by atoms with Crippen LogP contribution < -0.4 is 4.84 Å². The molecule has 5 heteroatoms. The third-order valence-electron chi connectivity index (χ3n) is 3.21. The predicted octanol–water partition coefficient (Wildman–Crippen LogP) is 2.42. The fourth-order valence-electron chi connectivity index (χ4n) is 2.00. The van der Waals surface area contributed by atoms with Crippen molar-refractivity contribution in [3.05, 3.63) is 72.8 Å². The highest BCUT2D eigenvalue weighted by atomic mass is 16.7. The minimum absolute atomic E-state index is 0.461. The minimum Gasteiger partial charge on any atom is -0.302 e. The quantitative estimate of drug-likeness (QED) is 0.794. The summed E-state index contributed by atoms with van der Waals surface area (Å²) in [7, 11) is 4.07. The van der Waals surface area contributed by atoms with Crippen molar-refractivity contribution in [2.24, 2.45) is 0 Å². The van der Waals surface area contributed by atoms with Crippen LogP contribution in [0.3, 0.4) is 0 Å². The van der Waals surface area contributed by atoms with Crippen molar-refractivity contribution in [3.63, 3.8) is 0 Å². The largest absolute Gasteiger partial charge is 0.324 e. The Hall–Kier alpha value is -2.66. The number of quaternary nitrogens is 1. The van der Waals surface area contributed by atoms with Gasteiger partial charge in [0.2, 0.25) is 0 Å². The van der Waals surface area contributed by atoms with Gasteiger partial charge in [0.05, 0.1) is 14.1 Å². The van der Waals surface area contributed by atoms with E-state index >= 15 is 0 Å². The normalized spacial score (nSPS) is 17.1.